The molecule has 0 bridgehead atoms. The fourth-order valence-corrected chi connectivity index (χ4v) is 3.09. The molecule has 0 fully saturated rings. The van der Waals surface area contributed by atoms with E-state index in [2.05, 4.69) is 16.7 Å². The summed E-state index contributed by atoms with van der Waals surface area (Å²) in [6.07, 6.45) is 2.87. The lowest BCUT2D eigenvalue weighted by Crippen LogP contribution is -2.08. The van der Waals surface area contributed by atoms with Crippen LogP contribution in [0.2, 0.25) is 0 Å². The van der Waals surface area contributed by atoms with E-state index in [-0.39, 0.29) is 5.56 Å². The van der Waals surface area contributed by atoms with Gasteiger partial charge in [0.2, 0.25) is 0 Å². The van der Waals surface area contributed by atoms with Crippen molar-refractivity contribution in [3.05, 3.63) is 77.6 Å². The average Bonchev–Trinajstić information content (AvgIpc) is 3.05. The van der Waals surface area contributed by atoms with Crippen molar-refractivity contribution in [2.45, 2.75) is 13.5 Å². The number of imidazole rings is 1. The molecule has 3 rings (SSSR count). The highest BCUT2D eigenvalue weighted by Crippen LogP contribution is 2.25. The highest BCUT2D eigenvalue weighted by Gasteiger charge is 2.16. The quantitative estimate of drug-likeness (QED) is 0.342. The Labute approximate surface area is 168 Å². The molecule has 0 saturated carbocycles. The molecule has 0 aliphatic heterocycles. The minimum absolute atomic E-state index is 0.255. The summed E-state index contributed by atoms with van der Waals surface area (Å²) >= 11 is 0. The van der Waals surface area contributed by atoms with Crippen molar-refractivity contribution in [3.63, 3.8) is 0 Å². The summed E-state index contributed by atoms with van der Waals surface area (Å²) < 4.78 is 7.40. The lowest BCUT2D eigenvalue weighted by Gasteiger charge is -2.11. The summed E-state index contributed by atoms with van der Waals surface area (Å²) in [6, 6.07) is 14.9. The van der Waals surface area contributed by atoms with Crippen molar-refractivity contribution in [2.75, 3.05) is 6.61 Å². The zero-order valence-corrected chi connectivity index (χ0v) is 15.9. The molecule has 29 heavy (non-hydrogen) atoms. The van der Waals surface area contributed by atoms with Crippen LogP contribution in [0.25, 0.3) is 17.2 Å². The number of carbonyl (C=O) groups is 1. The van der Waals surface area contributed by atoms with E-state index in [4.69, 9.17) is 9.94 Å². The van der Waals surface area contributed by atoms with Gasteiger partial charge in [0.05, 0.1) is 36.3 Å². The molecule has 148 valence electrons. The van der Waals surface area contributed by atoms with Crippen molar-refractivity contribution >= 4 is 18.3 Å². The highest BCUT2D eigenvalue weighted by molar-refractivity contribution is 5.96. The number of benzene rings is 2. The number of carboxylic acids is 1. The van der Waals surface area contributed by atoms with Crippen LogP contribution < -0.4 is 4.74 Å². The van der Waals surface area contributed by atoms with Crippen LogP contribution in [0, 0.1) is 0 Å². The second kappa shape index (κ2) is 8.88. The molecule has 2 N–H and O–H groups in total. The molecule has 0 aliphatic rings. The Morgan fingerprint density at radius 2 is 1.97 bits per heavy atom. The lowest BCUT2D eigenvalue weighted by atomic mass is 9.99. The normalized spacial score (nSPS) is 10.9. The molecule has 0 spiro atoms. The smallest absolute Gasteiger partial charge is 0.336 e. The SMILES string of the molecule is C=Cc1nc(OCC)n(Cc2ccc(-c3ccccc3C(=O)O)cc2)c1C=NO. The maximum Gasteiger partial charge on any atom is 0.336 e. The molecule has 0 radical (unpaired) electrons. The van der Waals surface area contributed by atoms with Crippen molar-refractivity contribution in [1.29, 1.82) is 0 Å². The molecule has 7 nitrogen and oxygen atoms in total. The summed E-state index contributed by atoms with van der Waals surface area (Å²) in [5.41, 5.74) is 3.80. The van der Waals surface area contributed by atoms with E-state index in [0.29, 0.717) is 36.1 Å². The third-order valence-electron chi connectivity index (χ3n) is 4.41. The highest BCUT2D eigenvalue weighted by atomic mass is 16.5. The topological polar surface area (TPSA) is 96.9 Å². The predicted molar refractivity (Wildman–Crippen MR) is 111 cm³/mol. The summed E-state index contributed by atoms with van der Waals surface area (Å²) in [7, 11) is 0. The molecule has 0 atom stereocenters. The van der Waals surface area contributed by atoms with Crippen LogP contribution in [0.3, 0.4) is 0 Å². The van der Waals surface area contributed by atoms with Gasteiger partial charge in [0, 0.05) is 0 Å². The van der Waals surface area contributed by atoms with Crippen LogP contribution in [-0.4, -0.2) is 38.7 Å². The monoisotopic (exact) mass is 391 g/mol. The van der Waals surface area contributed by atoms with E-state index in [1.165, 1.54) is 6.21 Å². The first-order valence-corrected chi connectivity index (χ1v) is 9.03. The van der Waals surface area contributed by atoms with Crippen LogP contribution in [0.4, 0.5) is 0 Å². The molecule has 7 heteroatoms. The Bertz CT molecular complexity index is 1050. The number of hydrogen-bond donors (Lipinski definition) is 2. The van der Waals surface area contributed by atoms with E-state index in [1.54, 1.807) is 28.8 Å². The maximum absolute atomic E-state index is 11.5. The minimum Gasteiger partial charge on any atom is -0.478 e. The first kappa shape index (κ1) is 19.9. The van der Waals surface area contributed by atoms with E-state index < -0.39 is 5.97 Å². The molecule has 3 aromatic rings. The number of carboxylic acid groups (broad SMARTS) is 1. The van der Waals surface area contributed by atoms with Crippen LogP contribution >= 0.6 is 0 Å². The van der Waals surface area contributed by atoms with Gasteiger partial charge in [-0.2, -0.15) is 4.98 Å². The summed E-state index contributed by atoms with van der Waals surface area (Å²) in [5, 5.41) is 21.5. The van der Waals surface area contributed by atoms with Gasteiger partial charge in [-0.25, -0.2) is 4.79 Å². The summed E-state index contributed by atoms with van der Waals surface area (Å²) in [5.74, 6) is -0.964. The third-order valence-corrected chi connectivity index (χ3v) is 4.41. The Morgan fingerprint density at radius 3 is 2.59 bits per heavy atom. The van der Waals surface area contributed by atoms with Gasteiger partial charge in [-0.3, -0.25) is 4.57 Å². The summed E-state index contributed by atoms with van der Waals surface area (Å²) in [4.78, 5) is 15.9. The van der Waals surface area contributed by atoms with Gasteiger partial charge in [-0.05, 0) is 35.8 Å². The molecule has 0 amide bonds. The van der Waals surface area contributed by atoms with E-state index >= 15 is 0 Å². The maximum atomic E-state index is 11.5. The van der Waals surface area contributed by atoms with E-state index in [1.807, 2.05) is 37.3 Å². The zero-order chi connectivity index (χ0) is 20.8. The molecule has 1 aromatic heterocycles. The van der Waals surface area contributed by atoms with E-state index in [0.717, 1.165) is 11.1 Å². The van der Waals surface area contributed by atoms with Gasteiger partial charge in [0.1, 0.15) is 0 Å². The molecule has 0 unspecified atom stereocenters. The van der Waals surface area contributed by atoms with Crippen LogP contribution in [0.5, 0.6) is 6.01 Å². The third kappa shape index (κ3) is 4.19. The Hall–Kier alpha value is -3.87. The van der Waals surface area contributed by atoms with E-state index in [9.17, 15) is 9.90 Å². The van der Waals surface area contributed by atoms with Crippen LogP contribution in [-0.2, 0) is 6.54 Å². The number of nitrogens with zero attached hydrogens (tertiary/aromatic N) is 3. The fraction of sp³-hybridized carbons (Fsp3) is 0.136. The number of hydrogen-bond acceptors (Lipinski definition) is 5. The number of oxime groups is 1. The first-order valence-electron chi connectivity index (χ1n) is 9.03. The van der Waals surface area contributed by atoms with Gasteiger partial charge < -0.3 is 15.1 Å². The number of aromatic nitrogens is 2. The van der Waals surface area contributed by atoms with Crippen molar-refractivity contribution in [2.24, 2.45) is 5.16 Å². The second-order valence-electron chi connectivity index (χ2n) is 6.18. The first-order chi connectivity index (χ1) is 14.1. The molecule has 2 aromatic carbocycles. The Balaban J connectivity index is 1.96. The standard InChI is InChI=1S/C22H21N3O4/c1-3-19-20(13-23-28)25(22(24-19)29-4-2)14-15-9-11-16(12-10-15)17-7-5-6-8-18(17)21(26)27/h3,5-13,28H,1,4,14H2,2H3,(H,26,27). The number of rotatable bonds is 8. The number of aromatic carboxylic acids is 1. The lowest BCUT2D eigenvalue weighted by molar-refractivity contribution is 0.0697. The van der Waals surface area contributed by atoms with Gasteiger partial charge >= 0.3 is 5.97 Å². The molecule has 1 heterocycles. The van der Waals surface area contributed by atoms with Crippen LogP contribution in [0.1, 0.15) is 34.2 Å². The molecular formula is C22H21N3O4. The van der Waals surface area contributed by atoms with Crippen molar-refractivity contribution in [3.8, 4) is 17.1 Å². The minimum atomic E-state index is -0.964. The fourth-order valence-electron chi connectivity index (χ4n) is 3.09. The predicted octanol–water partition coefficient (Wildman–Crippen LogP) is 4.15. The van der Waals surface area contributed by atoms with Crippen molar-refractivity contribution in [1.82, 2.24) is 9.55 Å². The second-order valence-corrected chi connectivity index (χ2v) is 6.18. The van der Waals surface area contributed by atoms with Crippen LogP contribution in [0.15, 0.2) is 60.3 Å². The Kier molecular flexibility index (Phi) is 6.09. The largest absolute Gasteiger partial charge is 0.478 e. The molecule has 0 aliphatic carbocycles. The number of ether oxygens (including phenoxy) is 1. The van der Waals surface area contributed by atoms with Gasteiger partial charge in [-0.1, -0.05) is 54.2 Å². The van der Waals surface area contributed by atoms with Gasteiger partial charge in [0.15, 0.2) is 0 Å². The average molecular weight is 391 g/mol. The molecule has 0 saturated heterocycles. The zero-order valence-electron chi connectivity index (χ0n) is 15.9. The van der Waals surface area contributed by atoms with Crippen molar-refractivity contribution < 1.29 is 19.8 Å². The van der Waals surface area contributed by atoms with Gasteiger partial charge in [-0.15, -0.1) is 0 Å². The Morgan fingerprint density at radius 1 is 1.24 bits per heavy atom. The van der Waals surface area contributed by atoms with Gasteiger partial charge in [0.25, 0.3) is 6.01 Å². The molecular weight excluding hydrogens is 370 g/mol. The summed E-state index contributed by atoms with van der Waals surface area (Å²) in [6.45, 7) is 6.47.